The highest BCUT2D eigenvalue weighted by atomic mass is 35.5. The van der Waals surface area contributed by atoms with Crippen molar-refractivity contribution >= 4 is 11.6 Å². The van der Waals surface area contributed by atoms with E-state index in [1.54, 1.807) is 6.07 Å². The molecule has 2 aromatic carbocycles. The van der Waals surface area contributed by atoms with Crippen molar-refractivity contribution < 1.29 is 13.2 Å². The van der Waals surface area contributed by atoms with Crippen LogP contribution in [0.25, 0.3) is 0 Å². The molecule has 0 aliphatic heterocycles. The lowest BCUT2D eigenvalue weighted by Gasteiger charge is -2.06. The van der Waals surface area contributed by atoms with E-state index in [0.29, 0.717) is 18.7 Å². The third-order valence-corrected chi connectivity index (χ3v) is 2.93. The number of rotatable bonds is 4. The molecule has 2 aromatic rings. The van der Waals surface area contributed by atoms with E-state index in [9.17, 15) is 13.2 Å². The molecule has 0 spiro atoms. The molecule has 0 bridgehead atoms. The van der Waals surface area contributed by atoms with E-state index in [1.807, 2.05) is 0 Å². The Morgan fingerprint density at radius 1 is 0.789 bits per heavy atom. The van der Waals surface area contributed by atoms with Gasteiger partial charge in [-0.25, -0.2) is 13.2 Å². The van der Waals surface area contributed by atoms with Crippen LogP contribution in [0.2, 0.25) is 5.02 Å². The number of benzene rings is 2. The van der Waals surface area contributed by atoms with E-state index >= 15 is 0 Å². The van der Waals surface area contributed by atoms with E-state index in [1.165, 1.54) is 18.2 Å². The van der Waals surface area contributed by atoms with Gasteiger partial charge in [-0.2, -0.15) is 0 Å². The summed E-state index contributed by atoms with van der Waals surface area (Å²) in [4.78, 5) is 0. The molecule has 0 aliphatic carbocycles. The Labute approximate surface area is 114 Å². The summed E-state index contributed by atoms with van der Waals surface area (Å²) in [5, 5.41) is 3.09. The molecular formula is C14H11ClF3N. The highest BCUT2D eigenvalue weighted by Gasteiger charge is 2.03. The second kappa shape index (κ2) is 6.08. The smallest absolute Gasteiger partial charge is 0.159 e. The lowest BCUT2D eigenvalue weighted by Crippen LogP contribution is -2.13. The van der Waals surface area contributed by atoms with Crippen molar-refractivity contribution in [2.24, 2.45) is 0 Å². The van der Waals surface area contributed by atoms with Crippen LogP contribution in [0.4, 0.5) is 13.2 Å². The van der Waals surface area contributed by atoms with Gasteiger partial charge < -0.3 is 5.32 Å². The molecule has 0 radical (unpaired) electrons. The van der Waals surface area contributed by atoms with Gasteiger partial charge in [0.05, 0.1) is 5.02 Å². The Bertz CT molecular complexity index is 535. The van der Waals surface area contributed by atoms with Crippen molar-refractivity contribution in [3.63, 3.8) is 0 Å². The van der Waals surface area contributed by atoms with Gasteiger partial charge in [-0.1, -0.05) is 23.7 Å². The average Bonchev–Trinajstić information content (AvgIpc) is 2.38. The number of nitrogens with one attached hydrogen (secondary N) is 1. The maximum absolute atomic E-state index is 13.2. The zero-order valence-electron chi connectivity index (χ0n) is 9.89. The summed E-state index contributed by atoms with van der Waals surface area (Å²) in [5.41, 5.74) is 1.35. The number of hydrogen-bond donors (Lipinski definition) is 1. The Morgan fingerprint density at radius 3 is 1.95 bits per heavy atom. The van der Waals surface area contributed by atoms with Crippen LogP contribution in [0.3, 0.4) is 0 Å². The normalized spacial score (nSPS) is 10.7. The zero-order chi connectivity index (χ0) is 13.8. The van der Waals surface area contributed by atoms with Crippen LogP contribution < -0.4 is 5.32 Å². The molecule has 0 amide bonds. The first-order valence-electron chi connectivity index (χ1n) is 5.65. The van der Waals surface area contributed by atoms with Crippen molar-refractivity contribution in [1.29, 1.82) is 0 Å². The Morgan fingerprint density at radius 2 is 1.37 bits per heavy atom. The van der Waals surface area contributed by atoms with Crippen LogP contribution in [0.5, 0.6) is 0 Å². The van der Waals surface area contributed by atoms with Crippen LogP contribution in [0.1, 0.15) is 11.1 Å². The summed E-state index contributed by atoms with van der Waals surface area (Å²) in [6, 6.07) is 8.21. The zero-order valence-corrected chi connectivity index (χ0v) is 10.6. The van der Waals surface area contributed by atoms with Gasteiger partial charge in [0, 0.05) is 13.1 Å². The van der Waals surface area contributed by atoms with Crippen LogP contribution in [-0.2, 0) is 13.1 Å². The lowest BCUT2D eigenvalue weighted by atomic mass is 10.2. The summed E-state index contributed by atoms with van der Waals surface area (Å²) in [6.07, 6.45) is 0. The molecule has 0 heterocycles. The predicted molar refractivity (Wildman–Crippen MR) is 68.3 cm³/mol. The highest BCUT2D eigenvalue weighted by Crippen LogP contribution is 2.15. The van der Waals surface area contributed by atoms with E-state index in [0.717, 1.165) is 17.7 Å². The van der Waals surface area contributed by atoms with Gasteiger partial charge in [-0.15, -0.1) is 0 Å². The minimum Gasteiger partial charge on any atom is -0.309 e. The molecule has 5 heteroatoms. The van der Waals surface area contributed by atoms with E-state index in [2.05, 4.69) is 5.32 Å². The maximum Gasteiger partial charge on any atom is 0.159 e. The topological polar surface area (TPSA) is 12.0 Å². The fourth-order valence-electron chi connectivity index (χ4n) is 1.65. The largest absolute Gasteiger partial charge is 0.309 e. The fourth-order valence-corrected chi connectivity index (χ4v) is 1.77. The molecule has 100 valence electrons. The van der Waals surface area contributed by atoms with Gasteiger partial charge in [-0.05, 0) is 35.4 Å². The van der Waals surface area contributed by atoms with Gasteiger partial charge in [0.25, 0.3) is 0 Å². The molecule has 0 atom stereocenters. The average molecular weight is 286 g/mol. The van der Waals surface area contributed by atoms with Gasteiger partial charge in [0.1, 0.15) is 5.82 Å². The predicted octanol–water partition coefficient (Wildman–Crippen LogP) is 4.05. The molecule has 1 N–H and O–H groups in total. The minimum absolute atomic E-state index is 0.0735. The van der Waals surface area contributed by atoms with Crippen molar-refractivity contribution in [2.75, 3.05) is 0 Å². The molecule has 0 aromatic heterocycles. The van der Waals surface area contributed by atoms with E-state index < -0.39 is 17.5 Å². The monoisotopic (exact) mass is 285 g/mol. The summed E-state index contributed by atoms with van der Waals surface area (Å²) in [7, 11) is 0. The molecule has 0 aliphatic rings. The lowest BCUT2D eigenvalue weighted by molar-refractivity contribution is 0.506. The van der Waals surface area contributed by atoms with E-state index in [4.69, 9.17) is 11.6 Å². The molecular weight excluding hydrogens is 275 g/mol. The van der Waals surface area contributed by atoms with Crippen molar-refractivity contribution in [2.45, 2.75) is 13.1 Å². The van der Waals surface area contributed by atoms with Crippen LogP contribution in [0.15, 0.2) is 36.4 Å². The summed E-state index contributed by atoms with van der Waals surface area (Å²) in [6.45, 7) is 0.772. The summed E-state index contributed by atoms with van der Waals surface area (Å²) < 4.78 is 38.9. The Balaban J connectivity index is 1.92. The SMILES string of the molecule is Fc1ccc(CNCc2ccc(Cl)c(F)c2)cc1F. The molecule has 1 nitrogen and oxygen atoms in total. The van der Waals surface area contributed by atoms with Crippen LogP contribution in [-0.4, -0.2) is 0 Å². The van der Waals surface area contributed by atoms with Crippen molar-refractivity contribution in [1.82, 2.24) is 5.32 Å². The van der Waals surface area contributed by atoms with Crippen molar-refractivity contribution in [3.05, 3.63) is 70.0 Å². The first-order valence-corrected chi connectivity index (χ1v) is 6.02. The van der Waals surface area contributed by atoms with Crippen LogP contribution >= 0.6 is 11.6 Å². The Kier molecular flexibility index (Phi) is 4.45. The van der Waals surface area contributed by atoms with Crippen molar-refractivity contribution in [3.8, 4) is 0 Å². The summed E-state index contributed by atoms with van der Waals surface area (Å²) in [5.74, 6) is -2.23. The van der Waals surface area contributed by atoms with Gasteiger partial charge in [0.2, 0.25) is 0 Å². The number of halogens is 4. The van der Waals surface area contributed by atoms with Gasteiger partial charge >= 0.3 is 0 Å². The molecule has 19 heavy (non-hydrogen) atoms. The second-order valence-electron chi connectivity index (χ2n) is 4.10. The molecule has 0 saturated heterocycles. The number of hydrogen-bond acceptors (Lipinski definition) is 1. The third kappa shape index (κ3) is 3.72. The first kappa shape index (κ1) is 13.9. The quantitative estimate of drug-likeness (QED) is 0.894. The minimum atomic E-state index is -0.878. The first-order chi connectivity index (χ1) is 9.06. The third-order valence-electron chi connectivity index (χ3n) is 2.63. The molecule has 0 fully saturated rings. The fraction of sp³-hybridized carbons (Fsp3) is 0.143. The standard InChI is InChI=1S/C14H11ClF3N/c15-11-3-1-9(5-13(11)17)7-19-8-10-2-4-12(16)14(18)6-10/h1-6,19H,7-8H2. The van der Waals surface area contributed by atoms with Gasteiger partial charge in [0.15, 0.2) is 11.6 Å². The summed E-state index contributed by atoms with van der Waals surface area (Å²) >= 11 is 5.57. The molecule has 2 rings (SSSR count). The van der Waals surface area contributed by atoms with Gasteiger partial charge in [-0.3, -0.25) is 0 Å². The maximum atomic E-state index is 13.2. The molecule has 0 saturated carbocycles. The molecule has 0 unspecified atom stereocenters. The Hall–Kier alpha value is -1.52. The highest BCUT2D eigenvalue weighted by molar-refractivity contribution is 6.30. The second-order valence-corrected chi connectivity index (χ2v) is 4.51. The van der Waals surface area contributed by atoms with E-state index in [-0.39, 0.29) is 5.02 Å². The van der Waals surface area contributed by atoms with Crippen LogP contribution in [0, 0.1) is 17.5 Å².